The molecule has 1 aromatic rings. The smallest absolute Gasteiger partial charge is 0.319 e. The van der Waals surface area contributed by atoms with Crippen molar-refractivity contribution < 1.29 is 19.4 Å². The number of carbonyl (C=O) groups excluding carboxylic acids is 1. The Morgan fingerprint density at radius 2 is 1.96 bits per heavy atom. The quantitative estimate of drug-likeness (QED) is 0.716. The van der Waals surface area contributed by atoms with Crippen molar-refractivity contribution in [2.24, 2.45) is 0 Å². The molecule has 1 aromatic carbocycles. The number of rotatable bonds is 7. The molecule has 0 atom stereocenters. The number of benzene rings is 1. The Labute approximate surface area is 137 Å². The fourth-order valence-corrected chi connectivity index (χ4v) is 2.01. The maximum absolute atomic E-state index is 12.1. The predicted molar refractivity (Wildman–Crippen MR) is 90.0 cm³/mol. The molecule has 6 nitrogen and oxygen atoms in total. The number of amides is 2. The van der Waals surface area contributed by atoms with E-state index in [1.807, 2.05) is 26.8 Å². The van der Waals surface area contributed by atoms with Gasteiger partial charge in [-0.3, -0.25) is 4.79 Å². The van der Waals surface area contributed by atoms with Crippen molar-refractivity contribution in [3.8, 4) is 5.75 Å². The van der Waals surface area contributed by atoms with Gasteiger partial charge >= 0.3 is 12.0 Å². The molecular weight excluding hydrogens is 296 g/mol. The van der Waals surface area contributed by atoms with Gasteiger partial charge in [-0.15, -0.1) is 0 Å². The lowest BCUT2D eigenvalue weighted by Gasteiger charge is -2.25. The summed E-state index contributed by atoms with van der Waals surface area (Å²) in [5.41, 5.74) is 1.01. The maximum Gasteiger partial charge on any atom is 0.319 e. The molecule has 0 aliphatic carbocycles. The molecule has 0 heterocycles. The Bertz CT molecular complexity index is 568. The number of ether oxygens (including phenoxy) is 1. The highest BCUT2D eigenvalue weighted by atomic mass is 16.5. The van der Waals surface area contributed by atoms with Crippen LogP contribution in [0.1, 0.15) is 46.1 Å². The van der Waals surface area contributed by atoms with E-state index in [4.69, 9.17) is 9.84 Å². The molecule has 23 heavy (non-hydrogen) atoms. The second-order valence-electron chi connectivity index (χ2n) is 6.50. The van der Waals surface area contributed by atoms with Crippen LogP contribution < -0.4 is 15.4 Å². The molecule has 2 amide bonds. The number of carbonyl (C=O) groups is 2. The zero-order valence-corrected chi connectivity index (χ0v) is 14.4. The Morgan fingerprint density at radius 3 is 2.52 bits per heavy atom. The normalized spacial score (nSPS) is 11.2. The number of nitrogens with one attached hydrogen (secondary N) is 2. The van der Waals surface area contributed by atoms with Crippen LogP contribution in [0.25, 0.3) is 0 Å². The van der Waals surface area contributed by atoms with Gasteiger partial charge in [-0.2, -0.15) is 0 Å². The Hall–Kier alpha value is -2.24. The van der Waals surface area contributed by atoms with Crippen molar-refractivity contribution in [2.45, 2.75) is 59.1 Å². The van der Waals surface area contributed by atoms with Gasteiger partial charge in [0, 0.05) is 23.7 Å². The predicted octanol–water partition coefficient (Wildman–Crippen LogP) is 3.55. The van der Waals surface area contributed by atoms with E-state index in [1.165, 1.54) is 0 Å². The van der Waals surface area contributed by atoms with Crippen LogP contribution >= 0.6 is 0 Å². The van der Waals surface area contributed by atoms with Crippen LogP contribution in [0.2, 0.25) is 0 Å². The fourth-order valence-electron chi connectivity index (χ4n) is 2.01. The van der Waals surface area contributed by atoms with Gasteiger partial charge in [-0.1, -0.05) is 6.07 Å². The SMILES string of the molecule is Cc1ccc(NC(=O)NC(C)(C)CCC(=O)O)cc1OC(C)C. The third-order valence-electron chi connectivity index (χ3n) is 3.22. The van der Waals surface area contributed by atoms with Gasteiger partial charge in [-0.05, 0) is 52.7 Å². The van der Waals surface area contributed by atoms with E-state index in [2.05, 4.69) is 10.6 Å². The highest BCUT2D eigenvalue weighted by Gasteiger charge is 2.21. The summed E-state index contributed by atoms with van der Waals surface area (Å²) < 4.78 is 5.70. The Kier molecular flexibility index (Phi) is 6.42. The van der Waals surface area contributed by atoms with E-state index in [9.17, 15) is 9.59 Å². The topological polar surface area (TPSA) is 87.7 Å². The van der Waals surface area contributed by atoms with Gasteiger partial charge < -0.3 is 20.5 Å². The molecule has 0 aliphatic rings. The van der Waals surface area contributed by atoms with E-state index in [0.717, 1.165) is 11.3 Å². The summed E-state index contributed by atoms with van der Waals surface area (Å²) in [6.07, 6.45) is 0.406. The van der Waals surface area contributed by atoms with Crippen LogP contribution in [0.3, 0.4) is 0 Å². The first kappa shape index (κ1) is 18.8. The van der Waals surface area contributed by atoms with Crippen molar-refractivity contribution in [1.82, 2.24) is 5.32 Å². The first-order valence-electron chi connectivity index (χ1n) is 7.67. The van der Waals surface area contributed by atoms with Crippen LogP contribution in [0.4, 0.5) is 10.5 Å². The van der Waals surface area contributed by atoms with Crippen molar-refractivity contribution in [3.05, 3.63) is 23.8 Å². The summed E-state index contributed by atoms with van der Waals surface area (Å²) >= 11 is 0. The summed E-state index contributed by atoms with van der Waals surface area (Å²) in [5.74, 6) is -0.155. The molecule has 0 unspecified atom stereocenters. The lowest BCUT2D eigenvalue weighted by molar-refractivity contribution is -0.137. The molecule has 0 saturated heterocycles. The molecule has 0 saturated carbocycles. The molecule has 0 fully saturated rings. The zero-order valence-electron chi connectivity index (χ0n) is 14.4. The summed E-state index contributed by atoms with van der Waals surface area (Å²) in [7, 11) is 0. The molecular formula is C17H26N2O4. The van der Waals surface area contributed by atoms with Crippen LogP contribution in [0.5, 0.6) is 5.75 Å². The molecule has 0 radical (unpaired) electrons. The van der Waals surface area contributed by atoms with E-state index < -0.39 is 11.5 Å². The Balaban J connectivity index is 2.68. The van der Waals surface area contributed by atoms with Gasteiger partial charge in [0.25, 0.3) is 0 Å². The average Bonchev–Trinajstić information content (AvgIpc) is 2.39. The number of aryl methyl sites for hydroxylation is 1. The van der Waals surface area contributed by atoms with E-state index in [-0.39, 0.29) is 18.6 Å². The second kappa shape index (κ2) is 7.85. The summed E-state index contributed by atoms with van der Waals surface area (Å²) in [6, 6.07) is 5.08. The summed E-state index contributed by atoms with van der Waals surface area (Å²) in [5, 5.41) is 14.3. The highest BCUT2D eigenvalue weighted by molar-refractivity contribution is 5.90. The minimum atomic E-state index is -0.880. The molecule has 6 heteroatoms. The molecule has 0 spiro atoms. The third kappa shape index (κ3) is 7.04. The van der Waals surface area contributed by atoms with Gasteiger partial charge in [-0.25, -0.2) is 4.79 Å². The highest BCUT2D eigenvalue weighted by Crippen LogP contribution is 2.24. The number of aliphatic carboxylic acids is 1. The van der Waals surface area contributed by atoms with Crippen molar-refractivity contribution >= 4 is 17.7 Å². The maximum atomic E-state index is 12.1. The van der Waals surface area contributed by atoms with E-state index in [0.29, 0.717) is 12.1 Å². The molecule has 0 aromatic heterocycles. The minimum Gasteiger partial charge on any atom is -0.491 e. The van der Waals surface area contributed by atoms with Crippen molar-refractivity contribution in [1.29, 1.82) is 0 Å². The number of carboxylic acids is 1. The van der Waals surface area contributed by atoms with Gasteiger partial charge in [0.1, 0.15) is 5.75 Å². The van der Waals surface area contributed by atoms with Gasteiger partial charge in [0.05, 0.1) is 6.10 Å². The lowest BCUT2D eigenvalue weighted by Crippen LogP contribution is -2.45. The minimum absolute atomic E-state index is 0.00416. The zero-order chi connectivity index (χ0) is 17.6. The number of hydrogen-bond acceptors (Lipinski definition) is 3. The monoisotopic (exact) mass is 322 g/mol. The number of carboxylic acid groups (broad SMARTS) is 1. The van der Waals surface area contributed by atoms with Gasteiger partial charge in [0.2, 0.25) is 0 Å². The fraction of sp³-hybridized carbons (Fsp3) is 0.529. The molecule has 0 bridgehead atoms. The van der Waals surface area contributed by atoms with Crippen LogP contribution in [0, 0.1) is 6.92 Å². The number of urea groups is 1. The Morgan fingerprint density at radius 1 is 1.30 bits per heavy atom. The van der Waals surface area contributed by atoms with Gasteiger partial charge in [0.15, 0.2) is 0 Å². The third-order valence-corrected chi connectivity index (χ3v) is 3.22. The van der Waals surface area contributed by atoms with Crippen LogP contribution in [0.15, 0.2) is 18.2 Å². The van der Waals surface area contributed by atoms with Crippen LogP contribution in [-0.2, 0) is 4.79 Å². The average molecular weight is 322 g/mol. The number of hydrogen-bond donors (Lipinski definition) is 3. The number of anilines is 1. The van der Waals surface area contributed by atoms with E-state index >= 15 is 0 Å². The summed E-state index contributed by atoms with van der Waals surface area (Å²) in [6.45, 7) is 9.40. The van der Waals surface area contributed by atoms with E-state index in [1.54, 1.807) is 26.0 Å². The largest absolute Gasteiger partial charge is 0.491 e. The molecule has 3 N–H and O–H groups in total. The van der Waals surface area contributed by atoms with Crippen molar-refractivity contribution in [3.63, 3.8) is 0 Å². The first-order valence-corrected chi connectivity index (χ1v) is 7.67. The second-order valence-corrected chi connectivity index (χ2v) is 6.50. The van der Waals surface area contributed by atoms with Crippen molar-refractivity contribution in [2.75, 3.05) is 5.32 Å². The molecule has 128 valence electrons. The molecule has 0 aliphatic heterocycles. The summed E-state index contributed by atoms with van der Waals surface area (Å²) in [4.78, 5) is 22.7. The molecule has 1 rings (SSSR count). The standard InChI is InChI=1S/C17H26N2O4/c1-11(2)23-14-10-13(7-6-12(14)3)18-16(22)19-17(4,5)9-8-15(20)21/h6-7,10-11H,8-9H2,1-5H3,(H,20,21)(H2,18,19,22). The lowest BCUT2D eigenvalue weighted by atomic mass is 9.99. The first-order chi connectivity index (χ1) is 10.6. The van der Waals surface area contributed by atoms with Crippen LogP contribution in [-0.4, -0.2) is 28.7 Å².